The van der Waals surface area contributed by atoms with Gasteiger partial charge >= 0.3 is 0 Å². The van der Waals surface area contributed by atoms with Gasteiger partial charge in [0.15, 0.2) is 0 Å². The molecular formula is C9H10FNO. The topological polar surface area (TPSA) is 33.1 Å². The Hall–Kier alpha value is -1.38. The Kier molecular flexibility index (Phi) is 2.80. The lowest BCUT2D eigenvalue weighted by atomic mass is 10.3. The maximum absolute atomic E-state index is 12.4. The van der Waals surface area contributed by atoms with Crippen LogP contribution < -0.4 is 4.74 Å². The van der Waals surface area contributed by atoms with Crippen LogP contribution in [0.15, 0.2) is 24.3 Å². The normalized spacial score (nSPS) is 12.2. The molecular weight excluding hydrogens is 157 g/mol. The fraction of sp³-hybridized carbons (Fsp3) is 0.222. The molecule has 0 aromatic heterocycles. The van der Waals surface area contributed by atoms with Crippen LogP contribution in [0.5, 0.6) is 5.75 Å². The van der Waals surface area contributed by atoms with Crippen LogP contribution in [0.4, 0.5) is 4.39 Å². The Bertz CT molecular complexity index is 258. The predicted molar refractivity (Wildman–Crippen MR) is 45.3 cm³/mol. The number of ether oxygens (including phenoxy) is 1. The van der Waals surface area contributed by atoms with E-state index in [2.05, 4.69) is 0 Å². The Labute approximate surface area is 70.5 Å². The van der Waals surface area contributed by atoms with Gasteiger partial charge in [0.2, 0.25) is 0 Å². The molecule has 0 heterocycles. The van der Waals surface area contributed by atoms with Gasteiger partial charge in [-0.1, -0.05) is 0 Å². The third kappa shape index (κ3) is 2.34. The van der Waals surface area contributed by atoms with E-state index >= 15 is 0 Å². The number of rotatable bonds is 3. The van der Waals surface area contributed by atoms with Crippen LogP contribution >= 0.6 is 0 Å². The van der Waals surface area contributed by atoms with Crippen LogP contribution in [0.3, 0.4) is 0 Å². The molecule has 2 nitrogen and oxygen atoms in total. The van der Waals surface area contributed by atoms with Crippen molar-refractivity contribution in [3.8, 4) is 5.75 Å². The van der Waals surface area contributed by atoms with Crippen LogP contribution in [-0.2, 0) is 0 Å². The third-order valence-electron chi connectivity index (χ3n) is 1.37. The van der Waals surface area contributed by atoms with Crippen LogP contribution in [0.1, 0.15) is 6.92 Å². The van der Waals surface area contributed by atoms with Crippen LogP contribution in [-0.4, -0.2) is 12.3 Å². The van der Waals surface area contributed by atoms with Gasteiger partial charge in [-0.3, -0.25) is 0 Å². The highest BCUT2D eigenvalue weighted by Crippen LogP contribution is 2.12. The molecule has 0 saturated heterocycles. The zero-order chi connectivity index (χ0) is 8.97. The van der Waals surface area contributed by atoms with Crippen molar-refractivity contribution in [2.75, 3.05) is 0 Å². The summed E-state index contributed by atoms with van der Waals surface area (Å²) in [6, 6.07) is 5.72. The minimum Gasteiger partial charge on any atom is -0.485 e. The maximum Gasteiger partial charge on any atom is 0.130 e. The second-order valence-electron chi connectivity index (χ2n) is 2.44. The van der Waals surface area contributed by atoms with E-state index < -0.39 is 0 Å². The molecule has 64 valence electrons. The summed E-state index contributed by atoms with van der Waals surface area (Å²) in [4.78, 5) is 0. The summed E-state index contributed by atoms with van der Waals surface area (Å²) in [5.74, 6) is 0.289. The summed E-state index contributed by atoms with van der Waals surface area (Å²) < 4.78 is 17.6. The molecule has 0 saturated carbocycles. The van der Waals surface area contributed by atoms with Gasteiger partial charge in [0.1, 0.15) is 17.7 Å². The zero-order valence-corrected chi connectivity index (χ0v) is 6.75. The van der Waals surface area contributed by atoms with Crippen molar-refractivity contribution < 1.29 is 9.13 Å². The van der Waals surface area contributed by atoms with Crippen molar-refractivity contribution in [1.82, 2.24) is 0 Å². The van der Waals surface area contributed by atoms with E-state index in [1.54, 1.807) is 6.92 Å². The van der Waals surface area contributed by atoms with E-state index in [1.165, 1.54) is 30.5 Å². The number of nitrogens with one attached hydrogen (secondary N) is 1. The van der Waals surface area contributed by atoms with E-state index in [-0.39, 0.29) is 11.9 Å². The molecule has 1 N–H and O–H groups in total. The van der Waals surface area contributed by atoms with Gasteiger partial charge in [0.05, 0.1) is 0 Å². The number of hydrogen-bond donors (Lipinski definition) is 1. The summed E-state index contributed by atoms with van der Waals surface area (Å²) >= 11 is 0. The second-order valence-corrected chi connectivity index (χ2v) is 2.44. The average Bonchev–Trinajstić information content (AvgIpc) is 2.09. The SMILES string of the molecule is CC(C=N)Oc1ccc(F)cc1. The van der Waals surface area contributed by atoms with Gasteiger partial charge in [0.25, 0.3) is 0 Å². The molecule has 3 heteroatoms. The van der Waals surface area contributed by atoms with Crippen molar-refractivity contribution >= 4 is 6.21 Å². The molecule has 0 bridgehead atoms. The van der Waals surface area contributed by atoms with Crippen molar-refractivity contribution in [1.29, 1.82) is 5.41 Å². The molecule has 0 aliphatic carbocycles. The van der Waals surface area contributed by atoms with Gasteiger partial charge in [-0.05, 0) is 31.2 Å². The molecule has 1 aromatic carbocycles. The van der Waals surface area contributed by atoms with Crippen LogP contribution in [0, 0.1) is 11.2 Å². The first-order chi connectivity index (χ1) is 5.72. The number of hydrogen-bond acceptors (Lipinski definition) is 2. The van der Waals surface area contributed by atoms with Gasteiger partial charge in [-0.15, -0.1) is 0 Å². The molecule has 1 atom stereocenters. The first-order valence-electron chi connectivity index (χ1n) is 3.65. The highest BCUT2D eigenvalue weighted by Gasteiger charge is 1.98. The number of halogens is 1. The molecule has 0 aliphatic heterocycles. The van der Waals surface area contributed by atoms with Crippen molar-refractivity contribution in [3.63, 3.8) is 0 Å². The van der Waals surface area contributed by atoms with Gasteiger partial charge in [-0.2, -0.15) is 0 Å². The zero-order valence-electron chi connectivity index (χ0n) is 6.75. The molecule has 0 spiro atoms. The lowest BCUT2D eigenvalue weighted by molar-refractivity contribution is 0.290. The third-order valence-corrected chi connectivity index (χ3v) is 1.37. The fourth-order valence-corrected chi connectivity index (χ4v) is 0.762. The quantitative estimate of drug-likeness (QED) is 0.688. The minimum absolute atomic E-state index is 0.268. The number of benzene rings is 1. The molecule has 0 radical (unpaired) electrons. The molecule has 0 amide bonds. The first kappa shape index (κ1) is 8.71. The monoisotopic (exact) mass is 167 g/mol. The highest BCUT2D eigenvalue weighted by atomic mass is 19.1. The van der Waals surface area contributed by atoms with E-state index in [9.17, 15) is 4.39 Å². The molecule has 12 heavy (non-hydrogen) atoms. The smallest absolute Gasteiger partial charge is 0.130 e. The Morgan fingerprint density at radius 2 is 2.00 bits per heavy atom. The Balaban J connectivity index is 2.64. The highest BCUT2D eigenvalue weighted by molar-refractivity contribution is 5.59. The average molecular weight is 167 g/mol. The molecule has 0 fully saturated rings. The van der Waals surface area contributed by atoms with Gasteiger partial charge in [0, 0.05) is 6.21 Å². The summed E-state index contributed by atoms with van der Waals surface area (Å²) in [5, 5.41) is 6.88. The summed E-state index contributed by atoms with van der Waals surface area (Å²) in [6.45, 7) is 1.75. The van der Waals surface area contributed by atoms with Crippen LogP contribution in [0.25, 0.3) is 0 Å². The molecule has 1 rings (SSSR count). The van der Waals surface area contributed by atoms with E-state index in [1.807, 2.05) is 0 Å². The van der Waals surface area contributed by atoms with Crippen molar-refractivity contribution in [2.24, 2.45) is 0 Å². The van der Waals surface area contributed by atoms with E-state index in [0.717, 1.165) is 0 Å². The second kappa shape index (κ2) is 3.85. The Morgan fingerprint density at radius 3 is 2.50 bits per heavy atom. The van der Waals surface area contributed by atoms with E-state index in [4.69, 9.17) is 10.1 Å². The standard InChI is InChI=1S/C9H10FNO/c1-7(6-11)12-9-4-2-8(10)3-5-9/h2-7,11H,1H3. The largest absolute Gasteiger partial charge is 0.485 e. The fourth-order valence-electron chi connectivity index (χ4n) is 0.762. The van der Waals surface area contributed by atoms with Crippen molar-refractivity contribution in [3.05, 3.63) is 30.1 Å². The first-order valence-corrected chi connectivity index (χ1v) is 3.65. The van der Waals surface area contributed by atoms with Crippen molar-refractivity contribution in [2.45, 2.75) is 13.0 Å². The van der Waals surface area contributed by atoms with Crippen LogP contribution in [0.2, 0.25) is 0 Å². The van der Waals surface area contributed by atoms with Gasteiger partial charge in [-0.25, -0.2) is 4.39 Å². The minimum atomic E-state index is -0.287. The molecule has 1 unspecified atom stereocenters. The lowest BCUT2D eigenvalue weighted by Crippen LogP contribution is -2.12. The molecule has 1 aromatic rings. The van der Waals surface area contributed by atoms with E-state index in [0.29, 0.717) is 5.75 Å². The molecule has 0 aliphatic rings. The lowest BCUT2D eigenvalue weighted by Gasteiger charge is -2.08. The van der Waals surface area contributed by atoms with Gasteiger partial charge < -0.3 is 10.1 Å². The summed E-state index contributed by atoms with van der Waals surface area (Å²) in [7, 11) is 0. The Morgan fingerprint density at radius 1 is 1.42 bits per heavy atom. The maximum atomic E-state index is 12.4. The predicted octanol–water partition coefficient (Wildman–Crippen LogP) is 2.24. The summed E-state index contributed by atoms with van der Waals surface area (Å²) in [5.41, 5.74) is 0. The summed E-state index contributed by atoms with van der Waals surface area (Å²) in [6.07, 6.45) is 0.916.